The van der Waals surface area contributed by atoms with Gasteiger partial charge in [-0.05, 0) is 17.5 Å². The number of carboxylic acids is 1. The quantitative estimate of drug-likeness (QED) is 0.853. The van der Waals surface area contributed by atoms with Gasteiger partial charge in [0, 0.05) is 25.7 Å². The number of carbonyl (C=O) groups excluding carboxylic acids is 1. The summed E-state index contributed by atoms with van der Waals surface area (Å²) in [5, 5.41) is 11.7. The van der Waals surface area contributed by atoms with E-state index >= 15 is 0 Å². The largest absolute Gasteiger partial charge is 0.481 e. The van der Waals surface area contributed by atoms with Crippen LogP contribution in [0.15, 0.2) is 24.3 Å². The third kappa shape index (κ3) is 4.46. The van der Waals surface area contributed by atoms with Gasteiger partial charge in [-0.1, -0.05) is 24.3 Å². The molecule has 1 aromatic rings. The van der Waals surface area contributed by atoms with Crippen LogP contribution in [0, 0.1) is 0 Å². The molecule has 6 nitrogen and oxygen atoms in total. The minimum atomic E-state index is -0.825. The number of rotatable bonds is 5. The van der Waals surface area contributed by atoms with E-state index in [1.807, 2.05) is 24.3 Å². The van der Waals surface area contributed by atoms with Crippen LogP contribution in [-0.2, 0) is 22.5 Å². The molecular formula is C15H20N2O4. The van der Waals surface area contributed by atoms with Gasteiger partial charge in [-0.3, -0.25) is 9.69 Å². The third-order valence-corrected chi connectivity index (χ3v) is 3.63. The first-order valence-corrected chi connectivity index (χ1v) is 6.94. The first-order valence-electron chi connectivity index (χ1n) is 6.94. The molecule has 1 unspecified atom stereocenters. The Labute approximate surface area is 123 Å². The molecule has 1 aliphatic rings. The van der Waals surface area contributed by atoms with Crippen molar-refractivity contribution < 1.29 is 19.4 Å². The second-order valence-electron chi connectivity index (χ2n) is 5.20. The average molecular weight is 292 g/mol. The number of nitrogens with zero attached hydrogens (tertiary/aromatic N) is 1. The monoisotopic (exact) mass is 292 g/mol. The zero-order valence-corrected chi connectivity index (χ0v) is 12.0. The van der Waals surface area contributed by atoms with Gasteiger partial charge in [0.1, 0.15) is 0 Å². The summed E-state index contributed by atoms with van der Waals surface area (Å²) < 4.78 is 4.59. The minimum Gasteiger partial charge on any atom is -0.481 e. The zero-order valence-electron chi connectivity index (χ0n) is 12.0. The Hall–Kier alpha value is -2.08. The van der Waals surface area contributed by atoms with E-state index in [0.717, 1.165) is 30.6 Å². The van der Waals surface area contributed by atoms with Crippen LogP contribution in [0.25, 0.3) is 0 Å². The van der Waals surface area contributed by atoms with Crippen molar-refractivity contribution in [2.24, 2.45) is 0 Å². The molecule has 0 spiro atoms. The van der Waals surface area contributed by atoms with Crippen LogP contribution in [0.5, 0.6) is 0 Å². The number of alkyl carbamates (subject to hydrolysis) is 1. The highest BCUT2D eigenvalue weighted by Crippen LogP contribution is 2.17. The molecule has 1 saturated heterocycles. The maximum absolute atomic E-state index is 11.2. The number of benzene rings is 1. The van der Waals surface area contributed by atoms with E-state index in [2.05, 4.69) is 15.0 Å². The second-order valence-corrected chi connectivity index (χ2v) is 5.20. The van der Waals surface area contributed by atoms with Gasteiger partial charge >= 0.3 is 12.1 Å². The van der Waals surface area contributed by atoms with E-state index in [1.54, 1.807) is 0 Å². The van der Waals surface area contributed by atoms with Gasteiger partial charge in [0.2, 0.25) is 0 Å². The SMILES string of the molecule is COC(=O)NC1CCN(Cc2ccccc2CC(=O)O)C1. The maximum Gasteiger partial charge on any atom is 0.407 e. The van der Waals surface area contributed by atoms with Crippen molar-refractivity contribution in [1.29, 1.82) is 0 Å². The van der Waals surface area contributed by atoms with E-state index in [4.69, 9.17) is 5.11 Å². The fourth-order valence-corrected chi connectivity index (χ4v) is 2.61. The molecule has 114 valence electrons. The molecule has 2 N–H and O–H groups in total. The van der Waals surface area contributed by atoms with Gasteiger partial charge in [-0.25, -0.2) is 4.79 Å². The van der Waals surface area contributed by atoms with Gasteiger partial charge < -0.3 is 15.2 Å². The number of nitrogens with one attached hydrogen (secondary N) is 1. The Morgan fingerprint density at radius 3 is 2.76 bits per heavy atom. The Morgan fingerprint density at radius 2 is 2.10 bits per heavy atom. The van der Waals surface area contributed by atoms with E-state index in [-0.39, 0.29) is 12.5 Å². The molecule has 0 bridgehead atoms. The summed E-state index contributed by atoms with van der Waals surface area (Å²) in [5.74, 6) is -0.825. The van der Waals surface area contributed by atoms with Crippen molar-refractivity contribution >= 4 is 12.1 Å². The van der Waals surface area contributed by atoms with Crippen LogP contribution in [0.2, 0.25) is 0 Å². The highest BCUT2D eigenvalue weighted by atomic mass is 16.5. The van der Waals surface area contributed by atoms with Gasteiger partial charge in [0.05, 0.1) is 13.5 Å². The Morgan fingerprint density at radius 1 is 1.38 bits per heavy atom. The summed E-state index contributed by atoms with van der Waals surface area (Å²) in [5.41, 5.74) is 1.87. The average Bonchev–Trinajstić information content (AvgIpc) is 2.87. The highest BCUT2D eigenvalue weighted by Gasteiger charge is 2.24. The number of amides is 1. The molecule has 21 heavy (non-hydrogen) atoms. The molecule has 0 aromatic heterocycles. The fourth-order valence-electron chi connectivity index (χ4n) is 2.61. The highest BCUT2D eigenvalue weighted by molar-refractivity contribution is 5.70. The van der Waals surface area contributed by atoms with Gasteiger partial charge in [-0.15, -0.1) is 0 Å². The van der Waals surface area contributed by atoms with Gasteiger partial charge in [0.25, 0.3) is 0 Å². The van der Waals surface area contributed by atoms with E-state index in [0.29, 0.717) is 6.54 Å². The normalized spacial score (nSPS) is 18.4. The lowest BCUT2D eigenvalue weighted by Crippen LogP contribution is -2.36. The number of likely N-dealkylation sites (tertiary alicyclic amines) is 1. The van der Waals surface area contributed by atoms with Crippen molar-refractivity contribution in [2.75, 3.05) is 20.2 Å². The van der Waals surface area contributed by atoms with E-state index < -0.39 is 12.1 Å². The topological polar surface area (TPSA) is 78.9 Å². The maximum atomic E-state index is 11.2. The van der Waals surface area contributed by atoms with Gasteiger partial charge in [-0.2, -0.15) is 0 Å². The standard InChI is InChI=1S/C15H20N2O4/c1-21-15(20)16-13-6-7-17(10-13)9-12-5-3-2-4-11(12)8-14(18)19/h2-5,13H,6-10H2,1H3,(H,16,20)(H,18,19). The summed E-state index contributed by atoms with van der Waals surface area (Å²) in [6.07, 6.45) is 0.498. The van der Waals surface area contributed by atoms with Crippen LogP contribution in [0.3, 0.4) is 0 Å². The predicted molar refractivity (Wildman–Crippen MR) is 77.0 cm³/mol. The lowest BCUT2D eigenvalue weighted by molar-refractivity contribution is -0.136. The van der Waals surface area contributed by atoms with Gasteiger partial charge in [0.15, 0.2) is 0 Å². The van der Waals surface area contributed by atoms with Crippen LogP contribution in [0.4, 0.5) is 4.79 Å². The van der Waals surface area contributed by atoms with Crippen LogP contribution >= 0.6 is 0 Å². The molecule has 0 aliphatic carbocycles. The van der Waals surface area contributed by atoms with E-state index in [9.17, 15) is 9.59 Å². The lowest BCUT2D eigenvalue weighted by Gasteiger charge is -2.18. The Balaban J connectivity index is 1.94. The molecular weight excluding hydrogens is 272 g/mol. The second kappa shape index (κ2) is 7.08. The summed E-state index contributed by atoms with van der Waals surface area (Å²) in [6, 6.07) is 7.67. The molecule has 1 heterocycles. The molecule has 0 saturated carbocycles. The van der Waals surface area contributed by atoms with Crippen LogP contribution < -0.4 is 5.32 Å². The van der Waals surface area contributed by atoms with Crippen LogP contribution in [0.1, 0.15) is 17.5 Å². The molecule has 1 aromatic carbocycles. The van der Waals surface area contributed by atoms with Crippen molar-refractivity contribution in [1.82, 2.24) is 10.2 Å². The molecule has 6 heteroatoms. The van der Waals surface area contributed by atoms with Crippen molar-refractivity contribution in [3.8, 4) is 0 Å². The van der Waals surface area contributed by atoms with E-state index in [1.165, 1.54) is 7.11 Å². The third-order valence-electron chi connectivity index (χ3n) is 3.63. The molecule has 0 radical (unpaired) electrons. The molecule has 1 aliphatic heterocycles. The van der Waals surface area contributed by atoms with Crippen LogP contribution in [-0.4, -0.2) is 48.3 Å². The first kappa shape index (κ1) is 15.3. The summed E-state index contributed by atoms with van der Waals surface area (Å²) >= 11 is 0. The number of hydrogen-bond acceptors (Lipinski definition) is 4. The summed E-state index contributed by atoms with van der Waals surface area (Å²) in [7, 11) is 1.35. The number of hydrogen-bond donors (Lipinski definition) is 2. The summed E-state index contributed by atoms with van der Waals surface area (Å²) in [4.78, 5) is 24.3. The fraction of sp³-hybridized carbons (Fsp3) is 0.467. The summed E-state index contributed by atoms with van der Waals surface area (Å²) in [6.45, 7) is 2.31. The molecule has 1 amide bonds. The number of carbonyl (C=O) groups is 2. The lowest BCUT2D eigenvalue weighted by atomic mass is 10.0. The number of ether oxygens (including phenoxy) is 1. The Kier molecular flexibility index (Phi) is 5.16. The minimum absolute atomic E-state index is 0.0356. The smallest absolute Gasteiger partial charge is 0.407 e. The first-order chi connectivity index (χ1) is 10.1. The zero-order chi connectivity index (χ0) is 15.2. The predicted octanol–water partition coefficient (Wildman–Crippen LogP) is 1.24. The number of methoxy groups -OCH3 is 1. The van der Waals surface area contributed by atoms with Crippen molar-refractivity contribution in [3.63, 3.8) is 0 Å². The number of aliphatic carboxylic acids is 1. The molecule has 2 rings (SSSR count). The van der Waals surface area contributed by atoms with Crippen molar-refractivity contribution in [2.45, 2.75) is 25.4 Å². The Bertz CT molecular complexity index is 518. The molecule has 1 fully saturated rings. The molecule has 1 atom stereocenters. The van der Waals surface area contributed by atoms with Crippen molar-refractivity contribution in [3.05, 3.63) is 35.4 Å². The number of carboxylic acid groups (broad SMARTS) is 1.